The topological polar surface area (TPSA) is 28.4 Å². The molecule has 1 aromatic carbocycles. The third-order valence-electron chi connectivity index (χ3n) is 2.97. The number of fused-ring (bicyclic) bond motifs is 1. The lowest BCUT2D eigenvalue weighted by atomic mass is 10.2. The highest BCUT2D eigenvalue weighted by molar-refractivity contribution is 5.81. The number of furan rings is 1. The molecule has 17 heavy (non-hydrogen) atoms. The molecule has 5 heteroatoms. The summed E-state index contributed by atoms with van der Waals surface area (Å²) in [4.78, 5) is 2.02. The van der Waals surface area contributed by atoms with E-state index in [1.165, 1.54) is 6.07 Å². The number of hydrogen-bond donors (Lipinski definition) is 1. The molecule has 0 atom stereocenters. The minimum atomic E-state index is -0.615. The van der Waals surface area contributed by atoms with Crippen LogP contribution in [-0.2, 0) is 0 Å². The molecule has 1 N–H and O–H groups in total. The van der Waals surface area contributed by atoms with Gasteiger partial charge in [0.25, 0.3) is 0 Å². The zero-order chi connectivity index (χ0) is 11.8. The van der Waals surface area contributed by atoms with Gasteiger partial charge in [-0.15, -0.1) is 0 Å². The molecule has 0 aliphatic carbocycles. The summed E-state index contributed by atoms with van der Waals surface area (Å²) in [7, 11) is 0. The van der Waals surface area contributed by atoms with Crippen molar-refractivity contribution < 1.29 is 13.2 Å². The summed E-state index contributed by atoms with van der Waals surface area (Å²) in [5.74, 6) is -0.590. The van der Waals surface area contributed by atoms with Gasteiger partial charge < -0.3 is 14.6 Å². The lowest BCUT2D eigenvalue weighted by Crippen LogP contribution is -2.43. The van der Waals surface area contributed by atoms with Gasteiger partial charge in [-0.2, -0.15) is 0 Å². The maximum absolute atomic E-state index is 13.5. The third-order valence-corrected chi connectivity index (χ3v) is 2.97. The van der Waals surface area contributed by atoms with Gasteiger partial charge in [-0.25, -0.2) is 8.78 Å². The number of nitrogens with zero attached hydrogens (tertiary/aromatic N) is 1. The number of benzene rings is 1. The predicted molar refractivity (Wildman–Crippen MR) is 61.2 cm³/mol. The Morgan fingerprint density at radius 1 is 1.12 bits per heavy atom. The van der Waals surface area contributed by atoms with Gasteiger partial charge in [-0.05, 0) is 0 Å². The van der Waals surface area contributed by atoms with Crippen molar-refractivity contribution >= 4 is 16.9 Å². The van der Waals surface area contributed by atoms with E-state index in [-0.39, 0.29) is 5.58 Å². The highest BCUT2D eigenvalue weighted by Crippen LogP contribution is 2.28. The van der Waals surface area contributed by atoms with Crippen LogP contribution in [0.2, 0.25) is 0 Å². The molecule has 0 radical (unpaired) electrons. The number of anilines is 1. The second-order valence-electron chi connectivity index (χ2n) is 4.12. The first kappa shape index (κ1) is 10.5. The molecular formula is C12H12F2N2O. The van der Waals surface area contributed by atoms with Gasteiger partial charge >= 0.3 is 0 Å². The predicted octanol–water partition coefficient (Wildman–Crippen LogP) is 2.12. The van der Waals surface area contributed by atoms with E-state index >= 15 is 0 Å². The highest BCUT2D eigenvalue weighted by atomic mass is 19.1. The lowest BCUT2D eigenvalue weighted by Gasteiger charge is -2.26. The van der Waals surface area contributed by atoms with Crippen LogP contribution in [0.3, 0.4) is 0 Å². The van der Waals surface area contributed by atoms with Crippen molar-refractivity contribution in [3.05, 3.63) is 29.8 Å². The fraction of sp³-hybridized carbons (Fsp3) is 0.333. The second-order valence-corrected chi connectivity index (χ2v) is 4.12. The van der Waals surface area contributed by atoms with E-state index in [0.29, 0.717) is 11.3 Å². The van der Waals surface area contributed by atoms with Gasteiger partial charge in [0, 0.05) is 44.4 Å². The molecule has 90 valence electrons. The first-order valence-corrected chi connectivity index (χ1v) is 5.58. The summed E-state index contributed by atoms with van der Waals surface area (Å²) in [6.07, 6.45) is 0. The van der Waals surface area contributed by atoms with Crippen molar-refractivity contribution in [1.29, 1.82) is 0 Å². The van der Waals surface area contributed by atoms with Crippen LogP contribution < -0.4 is 10.2 Å². The Morgan fingerprint density at radius 3 is 2.65 bits per heavy atom. The summed E-state index contributed by atoms with van der Waals surface area (Å²) in [6, 6.07) is 3.72. The number of nitrogens with one attached hydrogen (secondary N) is 1. The molecule has 2 heterocycles. The fourth-order valence-electron chi connectivity index (χ4n) is 2.09. The zero-order valence-electron chi connectivity index (χ0n) is 9.17. The van der Waals surface area contributed by atoms with Gasteiger partial charge in [0.2, 0.25) is 0 Å². The van der Waals surface area contributed by atoms with Gasteiger partial charge in [0.05, 0.1) is 5.39 Å². The van der Waals surface area contributed by atoms with Crippen molar-refractivity contribution in [2.45, 2.75) is 0 Å². The largest absolute Gasteiger partial charge is 0.440 e. The van der Waals surface area contributed by atoms with Crippen LogP contribution in [-0.4, -0.2) is 26.2 Å². The Hall–Kier alpha value is -1.62. The van der Waals surface area contributed by atoms with Crippen LogP contribution in [0.4, 0.5) is 14.7 Å². The molecule has 0 amide bonds. The van der Waals surface area contributed by atoms with E-state index in [1.54, 1.807) is 6.07 Å². The molecular weight excluding hydrogens is 226 g/mol. The summed E-state index contributed by atoms with van der Waals surface area (Å²) in [6.45, 7) is 3.36. The Labute approximate surface area is 97.0 Å². The number of halogens is 2. The smallest absolute Gasteiger partial charge is 0.196 e. The molecule has 2 aromatic rings. The molecule has 1 fully saturated rings. The summed E-state index contributed by atoms with van der Waals surface area (Å²) >= 11 is 0. The maximum Gasteiger partial charge on any atom is 0.196 e. The van der Waals surface area contributed by atoms with Gasteiger partial charge in [0.15, 0.2) is 5.88 Å². The number of piperazine rings is 1. The highest BCUT2D eigenvalue weighted by Gasteiger charge is 2.16. The van der Waals surface area contributed by atoms with Gasteiger partial charge in [-0.3, -0.25) is 0 Å². The molecule has 0 unspecified atom stereocenters. The van der Waals surface area contributed by atoms with Gasteiger partial charge in [-0.1, -0.05) is 0 Å². The first-order chi connectivity index (χ1) is 8.24. The number of hydrogen-bond acceptors (Lipinski definition) is 3. The summed E-state index contributed by atoms with van der Waals surface area (Å²) in [5, 5.41) is 3.55. The monoisotopic (exact) mass is 238 g/mol. The molecule has 1 aliphatic heterocycles. The maximum atomic E-state index is 13.5. The van der Waals surface area contributed by atoms with Crippen molar-refractivity contribution in [3.63, 3.8) is 0 Å². The van der Waals surface area contributed by atoms with Crippen LogP contribution in [0.25, 0.3) is 11.0 Å². The van der Waals surface area contributed by atoms with E-state index in [4.69, 9.17) is 4.42 Å². The Bertz CT molecular complexity index is 547. The first-order valence-electron chi connectivity index (χ1n) is 5.58. The van der Waals surface area contributed by atoms with Crippen LogP contribution in [0, 0.1) is 11.6 Å². The summed E-state index contributed by atoms with van der Waals surface area (Å²) < 4.78 is 32.0. The SMILES string of the molecule is Fc1cc(F)c2cc(N3CCNCC3)oc2c1. The molecule has 1 saturated heterocycles. The Balaban J connectivity index is 2.03. The molecule has 1 aromatic heterocycles. The average Bonchev–Trinajstić information content (AvgIpc) is 2.74. The molecule has 0 saturated carbocycles. The van der Waals surface area contributed by atoms with E-state index in [1.807, 2.05) is 4.90 Å². The van der Waals surface area contributed by atoms with Crippen molar-refractivity contribution in [3.8, 4) is 0 Å². The van der Waals surface area contributed by atoms with Gasteiger partial charge in [0.1, 0.15) is 17.2 Å². The van der Waals surface area contributed by atoms with Crippen molar-refractivity contribution in [1.82, 2.24) is 5.32 Å². The minimum Gasteiger partial charge on any atom is -0.440 e. The number of rotatable bonds is 1. The molecule has 3 rings (SSSR count). The van der Waals surface area contributed by atoms with Crippen LogP contribution in [0.5, 0.6) is 0 Å². The van der Waals surface area contributed by atoms with Crippen LogP contribution in [0.1, 0.15) is 0 Å². The van der Waals surface area contributed by atoms with E-state index in [9.17, 15) is 8.78 Å². The molecule has 1 aliphatic rings. The van der Waals surface area contributed by atoms with Crippen molar-refractivity contribution in [2.24, 2.45) is 0 Å². The lowest BCUT2D eigenvalue weighted by molar-refractivity contribution is 0.525. The van der Waals surface area contributed by atoms with E-state index in [0.717, 1.165) is 32.2 Å². The minimum absolute atomic E-state index is 0.260. The third kappa shape index (κ3) is 1.86. The van der Waals surface area contributed by atoms with E-state index in [2.05, 4.69) is 5.32 Å². The molecule has 0 bridgehead atoms. The van der Waals surface area contributed by atoms with Crippen LogP contribution in [0.15, 0.2) is 22.6 Å². The fourth-order valence-corrected chi connectivity index (χ4v) is 2.09. The second kappa shape index (κ2) is 4.00. The normalized spacial score (nSPS) is 16.7. The van der Waals surface area contributed by atoms with E-state index < -0.39 is 11.6 Å². The van der Waals surface area contributed by atoms with Crippen molar-refractivity contribution in [2.75, 3.05) is 31.1 Å². The quantitative estimate of drug-likeness (QED) is 0.825. The standard InChI is InChI=1S/C12H12F2N2O/c13-8-5-10(14)9-7-12(17-11(9)6-8)16-3-1-15-2-4-16/h5-7,15H,1-4H2. The summed E-state index contributed by atoms with van der Waals surface area (Å²) in [5.41, 5.74) is 0.260. The Kier molecular flexibility index (Phi) is 2.48. The average molecular weight is 238 g/mol. The Morgan fingerprint density at radius 2 is 1.88 bits per heavy atom. The molecule has 0 spiro atoms. The molecule has 3 nitrogen and oxygen atoms in total. The zero-order valence-corrected chi connectivity index (χ0v) is 9.17. The van der Waals surface area contributed by atoms with Crippen LogP contribution >= 0.6 is 0 Å².